The summed E-state index contributed by atoms with van der Waals surface area (Å²) in [5.41, 5.74) is 0. The molecule has 5 nitrogen and oxygen atoms in total. The molecule has 0 aromatic heterocycles. The Balaban J connectivity index is 2.31. The number of likely N-dealkylation sites (tertiary alicyclic amines) is 1. The van der Waals surface area contributed by atoms with E-state index in [9.17, 15) is 14.7 Å². The van der Waals surface area contributed by atoms with Crippen LogP contribution >= 0.6 is 0 Å². The first kappa shape index (κ1) is 14.0. The highest BCUT2D eigenvalue weighted by atomic mass is 16.5. The van der Waals surface area contributed by atoms with Gasteiger partial charge in [-0.1, -0.05) is 6.92 Å². The lowest BCUT2D eigenvalue weighted by molar-refractivity contribution is -0.146. The van der Waals surface area contributed by atoms with Crippen molar-refractivity contribution in [3.8, 4) is 0 Å². The molecule has 2 atom stereocenters. The largest absolute Gasteiger partial charge is 0.466 e. The highest BCUT2D eigenvalue weighted by Crippen LogP contribution is 2.17. The number of esters is 1. The van der Waals surface area contributed by atoms with E-state index >= 15 is 0 Å². The van der Waals surface area contributed by atoms with Crippen molar-refractivity contribution in [2.75, 3.05) is 19.7 Å². The summed E-state index contributed by atoms with van der Waals surface area (Å²) < 4.78 is 4.76. The number of rotatable bonds is 4. The Kier molecular flexibility index (Phi) is 5.41. The number of hydrogen-bond donors (Lipinski definition) is 1. The number of piperidine rings is 1. The zero-order valence-electron chi connectivity index (χ0n) is 10.5. The maximum atomic E-state index is 11.8. The van der Waals surface area contributed by atoms with Gasteiger partial charge in [0.2, 0.25) is 5.91 Å². The Morgan fingerprint density at radius 2 is 2.12 bits per heavy atom. The molecule has 0 radical (unpaired) electrons. The van der Waals surface area contributed by atoms with E-state index in [1.165, 1.54) is 0 Å². The number of aliphatic hydroxyl groups excluding tert-OH is 1. The molecule has 0 aliphatic carbocycles. The molecule has 1 rings (SSSR count). The van der Waals surface area contributed by atoms with Crippen molar-refractivity contribution in [1.82, 2.24) is 4.90 Å². The summed E-state index contributed by atoms with van der Waals surface area (Å²) in [7, 11) is 0. The smallest absolute Gasteiger partial charge is 0.306 e. The Morgan fingerprint density at radius 1 is 1.41 bits per heavy atom. The summed E-state index contributed by atoms with van der Waals surface area (Å²) in [4.78, 5) is 24.5. The van der Waals surface area contributed by atoms with Crippen LogP contribution in [0.25, 0.3) is 0 Å². The minimum atomic E-state index is -0.449. The fraction of sp³-hybridized carbons (Fsp3) is 0.833. The first-order valence-electron chi connectivity index (χ1n) is 6.16. The first-order chi connectivity index (χ1) is 8.04. The second-order valence-electron chi connectivity index (χ2n) is 4.48. The molecule has 0 bridgehead atoms. The monoisotopic (exact) mass is 243 g/mol. The summed E-state index contributed by atoms with van der Waals surface area (Å²) >= 11 is 0. The van der Waals surface area contributed by atoms with E-state index in [0.717, 1.165) is 6.42 Å². The van der Waals surface area contributed by atoms with Gasteiger partial charge in [-0.2, -0.15) is 0 Å². The highest BCUT2D eigenvalue weighted by Gasteiger charge is 2.27. The Labute approximate surface area is 102 Å². The van der Waals surface area contributed by atoms with Gasteiger partial charge in [0, 0.05) is 19.5 Å². The highest BCUT2D eigenvalue weighted by molar-refractivity contribution is 5.81. The van der Waals surface area contributed by atoms with Crippen LogP contribution in [0.15, 0.2) is 0 Å². The summed E-state index contributed by atoms with van der Waals surface area (Å²) in [6.45, 7) is 5.10. The molecule has 0 saturated carbocycles. The van der Waals surface area contributed by atoms with Crippen LogP contribution in [-0.2, 0) is 14.3 Å². The summed E-state index contributed by atoms with van der Waals surface area (Å²) in [6.07, 6.45) is 0.649. The molecule has 0 aromatic carbocycles. The van der Waals surface area contributed by atoms with Crippen LogP contribution in [0.5, 0.6) is 0 Å². The number of aliphatic hydroxyl groups is 1. The minimum absolute atomic E-state index is 0.0796. The standard InChI is InChI=1S/C12H21NO4/c1-3-17-12(16)5-4-11(15)13-7-6-9(2)10(14)8-13/h9-10,14H,3-8H2,1-2H3. The molecule has 17 heavy (non-hydrogen) atoms. The lowest BCUT2D eigenvalue weighted by Crippen LogP contribution is -2.45. The van der Waals surface area contributed by atoms with Gasteiger partial charge >= 0.3 is 5.97 Å². The molecule has 1 saturated heterocycles. The van der Waals surface area contributed by atoms with Gasteiger partial charge in [-0.15, -0.1) is 0 Å². The molecule has 2 unspecified atom stereocenters. The lowest BCUT2D eigenvalue weighted by atomic mass is 9.96. The molecule has 98 valence electrons. The molecule has 1 aliphatic rings. The minimum Gasteiger partial charge on any atom is -0.466 e. The van der Waals surface area contributed by atoms with Crippen LogP contribution in [0, 0.1) is 5.92 Å². The molecule has 1 aliphatic heterocycles. The number of nitrogens with zero attached hydrogens (tertiary/aromatic N) is 1. The molecule has 1 amide bonds. The zero-order chi connectivity index (χ0) is 12.8. The number of β-amino-alcohol motifs (C(OH)–C–C–N with tert-alkyl or cyclic N) is 1. The van der Waals surface area contributed by atoms with Crippen LogP contribution in [0.4, 0.5) is 0 Å². The molecule has 0 aromatic rings. The average Bonchev–Trinajstić information content (AvgIpc) is 2.30. The average molecular weight is 243 g/mol. The zero-order valence-corrected chi connectivity index (χ0v) is 10.5. The van der Waals surface area contributed by atoms with Crippen molar-refractivity contribution in [3.63, 3.8) is 0 Å². The fourth-order valence-electron chi connectivity index (χ4n) is 1.88. The topological polar surface area (TPSA) is 66.8 Å². The van der Waals surface area contributed by atoms with Gasteiger partial charge in [-0.05, 0) is 19.3 Å². The summed E-state index contributed by atoms with van der Waals surface area (Å²) in [6, 6.07) is 0. The van der Waals surface area contributed by atoms with Gasteiger partial charge in [0.05, 0.1) is 19.1 Å². The second kappa shape index (κ2) is 6.59. The third-order valence-electron chi connectivity index (χ3n) is 3.12. The number of carbonyl (C=O) groups is 2. The lowest BCUT2D eigenvalue weighted by Gasteiger charge is -2.34. The third-order valence-corrected chi connectivity index (χ3v) is 3.12. The van der Waals surface area contributed by atoms with Crippen LogP contribution in [0.2, 0.25) is 0 Å². The van der Waals surface area contributed by atoms with Gasteiger partial charge in [0.1, 0.15) is 0 Å². The first-order valence-corrected chi connectivity index (χ1v) is 6.16. The van der Waals surface area contributed by atoms with Crippen LogP contribution in [0.3, 0.4) is 0 Å². The molecular weight excluding hydrogens is 222 g/mol. The van der Waals surface area contributed by atoms with Crippen molar-refractivity contribution in [2.24, 2.45) is 5.92 Å². The van der Waals surface area contributed by atoms with Crippen LogP contribution < -0.4 is 0 Å². The van der Waals surface area contributed by atoms with Gasteiger partial charge < -0.3 is 14.7 Å². The van der Waals surface area contributed by atoms with E-state index in [-0.39, 0.29) is 30.6 Å². The van der Waals surface area contributed by atoms with E-state index in [1.54, 1.807) is 11.8 Å². The van der Waals surface area contributed by atoms with Crippen molar-refractivity contribution < 1.29 is 19.4 Å². The van der Waals surface area contributed by atoms with E-state index < -0.39 is 6.10 Å². The van der Waals surface area contributed by atoms with E-state index in [4.69, 9.17) is 4.74 Å². The van der Waals surface area contributed by atoms with Crippen molar-refractivity contribution in [2.45, 2.75) is 39.2 Å². The Bertz CT molecular complexity index is 280. The molecule has 1 fully saturated rings. The molecule has 1 heterocycles. The van der Waals surface area contributed by atoms with Crippen molar-refractivity contribution in [3.05, 3.63) is 0 Å². The fourth-order valence-corrected chi connectivity index (χ4v) is 1.88. The summed E-state index contributed by atoms with van der Waals surface area (Å²) in [5, 5.41) is 9.67. The molecular formula is C12H21NO4. The van der Waals surface area contributed by atoms with Crippen molar-refractivity contribution in [1.29, 1.82) is 0 Å². The van der Waals surface area contributed by atoms with E-state index in [0.29, 0.717) is 19.7 Å². The van der Waals surface area contributed by atoms with Crippen molar-refractivity contribution >= 4 is 11.9 Å². The molecule has 0 spiro atoms. The number of ether oxygens (including phenoxy) is 1. The van der Waals surface area contributed by atoms with Crippen LogP contribution in [0.1, 0.15) is 33.1 Å². The van der Waals surface area contributed by atoms with E-state index in [2.05, 4.69) is 0 Å². The quantitative estimate of drug-likeness (QED) is 0.733. The third kappa shape index (κ3) is 4.34. The predicted octanol–water partition coefficient (Wildman–Crippen LogP) is 0.559. The van der Waals surface area contributed by atoms with Gasteiger partial charge in [0.15, 0.2) is 0 Å². The number of carbonyl (C=O) groups excluding carboxylic acids is 2. The SMILES string of the molecule is CCOC(=O)CCC(=O)N1CCC(C)C(O)C1. The van der Waals surface area contributed by atoms with Gasteiger partial charge in [0.25, 0.3) is 0 Å². The van der Waals surface area contributed by atoms with Gasteiger partial charge in [-0.25, -0.2) is 0 Å². The number of hydrogen-bond acceptors (Lipinski definition) is 4. The Hall–Kier alpha value is -1.10. The number of amides is 1. The predicted molar refractivity (Wildman–Crippen MR) is 62.2 cm³/mol. The van der Waals surface area contributed by atoms with Crippen LogP contribution in [-0.4, -0.2) is 47.7 Å². The van der Waals surface area contributed by atoms with Gasteiger partial charge in [-0.3, -0.25) is 9.59 Å². The van der Waals surface area contributed by atoms with E-state index in [1.807, 2.05) is 6.92 Å². The molecule has 5 heteroatoms. The maximum Gasteiger partial charge on any atom is 0.306 e. The Morgan fingerprint density at radius 3 is 2.71 bits per heavy atom. The normalized spacial score (nSPS) is 24.5. The molecule has 1 N–H and O–H groups in total. The maximum absolute atomic E-state index is 11.8. The summed E-state index contributed by atoms with van der Waals surface area (Å²) in [5.74, 6) is -0.181. The second-order valence-corrected chi connectivity index (χ2v) is 4.48.